The second-order valence-corrected chi connectivity index (χ2v) is 5.22. The Balaban J connectivity index is 2.84. The van der Waals surface area contributed by atoms with Crippen molar-refractivity contribution in [1.29, 1.82) is 0 Å². The molecule has 0 spiro atoms. The molecule has 0 aliphatic carbocycles. The standard InChI is InChI=1S/C12H17N.W/c1-3-6-10(2)9-11-7-4-5-8-12(11)13;/h4-5,7-8,10H,3,6,13H2,1-2H3;. The second kappa shape index (κ2) is 5.46. The van der Waals surface area contributed by atoms with E-state index in [0.717, 1.165) is 5.69 Å². The van der Waals surface area contributed by atoms with E-state index >= 15 is 0 Å². The van der Waals surface area contributed by atoms with E-state index in [9.17, 15) is 0 Å². The zero-order chi connectivity index (χ0) is 10.6. The van der Waals surface area contributed by atoms with Gasteiger partial charge >= 0.3 is 97.1 Å². The molecule has 0 saturated heterocycles. The zero-order valence-corrected chi connectivity index (χ0v) is 11.7. The second-order valence-electron chi connectivity index (χ2n) is 3.64. The Morgan fingerprint density at radius 2 is 2.07 bits per heavy atom. The van der Waals surface area contributed by atoms with Crippen molar-refractivity contribution in [2.45, 2.75) is 26.7 Å². The molecular weight excluding hydrogens is 342 g/mol. The fourth-order valence-electron chi connectivity index (χ4n) is 1.55. The van der Waals surface area contributed by atoms with Gasteiger partial charge in [-0.05, 0) is 0 Å². The quantitative estimate of drug-likeness (QED) is 0.823. The predicted molar refractivity (Wildman–Crippen MR) is 59.0 cm³/mol. The molecule has 1 nitrogen and oxygen atoms in total. The van der Waals surface area contributed by atoms with Crippen molar-refractivity contribution in [3.05, 3.63) is 29.8 Å². The number of para-hydroxylation sites is 1. The Morgan fingerprint density at radius 3 is 2.64 bits per heavy atom. The third kappa shape index (κ3) is 2.78. The van der Waals surface area contributed by atoms with Crippen LogP contribution in [0.25, 0.3) is 0 Å². The molecule has 0 aromatic heterocycles. The molecule has 14 heavy (non-hydrogen) atoms. The van der Waals surface area contributed by atoms with Crippen LogP contribution in [0.2, 0.25) is 0 Å². The van der Waals surface area contributed by atoms with Gasteiger partial charge < -0.3 is 0 Å². The molecule has 2 heteroatoms. The first-order valence-electron chi connectivity index (χ1n) is 5.05. The van der Waals surface area contributed by atoms with Crippen molar-refractivity contribution in [2.75, 3.05) is 5.73 Å². The van der Waals surface area contributed by atoms with Crippen LogP contribution in [0.1, 0.15) is 32.3 Å². The normalized spacial score (nSPS) is 12.4. The van der Waals surface area contributed by atoms with Crippen LogP contribution in [0.4, 0.5) is 5.69 Å². The Morgan fingerprint density at radius 1 is 1.43 bits per heavy atom. The number of benzene rings is 1. The molecule has 1 aromatic rings. The first-order valence-corrected chi connectivity index (χ1v) is 6.52. The van der Waals surface area contributed by atoms with Crippen LogP contribution in [-0.2, 0) is 19.4 Å². The van der Waals surface area contributed by atoms with E-state index in [1.807, 2.05) is 12.1 Å². The van der Waals surface area contributed by atoms with Gasteiger partial charge in [-0.1, -0.05) is 0 Å². The number of rotatable bonds is 4. The molecule has 0 aliphatic heterocycles. The van der Waals surface area contributed by atoms with E-state index in [2.05, 4.69) is 26.0 Å². The third-order valence-corrected chi connectivity index (χ3v) is 4.63. The van der Waals surface area contributed by atoms with Gasteiger partial charge in [0.15, 0.2) is 0 Å². The van der Waals surface area contributed by atoms with Crippen LogP contribution < -0.4 is 5.73 Å². The molecule has 1 atom stereocenters. The van der Waals surface area contributed by atoms with E-state index in [0.29, 0.717) is 5.92 Å². The van der Waals surface area contributed by atoms with Gasteiger partial charge in [0.05, 0.1) is 0 Å². The van der Waals surface area contributed by atoms with Gasteiger partial charge in [0.1, 0.15) is 0 Å². The Labute approximate surface area is 97.1 Å². The number of nitrogens with two attached hydrogens (primary N) is 1. The fraction of sp³-hybridized carbons (Fsp3) is 0.417. The average molecular weight is 359 g/mol. The molecule has 76 valence electrons. The molecule has 0 saturated carbocycles. The van der Waals surface area contributed by atoms with Gasteiger partial charge in [-0.2, -0.15) is 0 Å². The molecule has 0 radical (unpaired) electrons. The van der Waals surface area contributed by atoms with Crippen LogP contribution in [0.15, 0.2) is 24.3 Å². The van der Waals surface area contributed by atoms with Gasteiger partial charge in [0.2, 0.25) is 0 Å². The van der Waals surface area contributed by atoms with Gasteiger partial charge in [-0.25, -0.2) is 0 Å². The van der Waals surface area contributed by atoms with E-state index in [1.54, 1.807) is 19.4 Å². The van der Waals surface area contributed by atoms with Crippen molar-refractivity contribution in [3.8, 4) is 0 Å². The van der Waals surface area contributed by atoms with Crippen molar-refractivity contribution >= 4 is 9.59 Å². The maximum atomic E-state index is 5.95. The van der Waals surface area contributed by atoms with E-state index in [-0.39, 0.29) is 0 Å². The van der Waals surface area contributed by atoms with Crippen molar-refractivity contribution in [1.82, 2.24) is 0 Å². The summed E-state index contributed by atoms with van der Waals surface area (Å²) in [5, 5.41) is 0. The monoisotopic (exact) mass is 359 g/mol. The predicted octanol–water partition coefficient (Wildman–Crippen LogP) is 2.77. The van der Waals surface area contributed by atoms with Crippen molar-refractivity contribution < 1.29 is 19.4 Å². The summed E-state index contributed by atoms with van der Waals surface area (Å²) in [4.78, 5) is 0. The molecule has 0 aliphatic rings. The van der Waals surface area contributed by atoms with Gasteiger partial charge in [-0.15, -0.1) is 0 Å². The molecule has 0 amide bonds. The topological polar surface area (TPSA) is 26.0 Å². The van der Waals surface area contributed by atoms with Gasteiger partial charge in [0, 0.05) is 0 Å². The summed E-state index contributed by atoms with van der Waals surface area (Å²) in [6.45, 7) is 4.52. The first kappa shape index (κ1) is 11.7. The average Bonchev–Trinajstić information content (AvgIpc) is 2.18. The summed E-state index contributed by atoms with van der Waals surface area (Å²) in [5.41, 5.74) is 8.12. The molecule has 1 aromatic carbocycles. The molecule has 0 heterocycles. The van der Waals surface area contributed by atoms with Crippen LogP contribution in [-0.4, -0.2) is 3.90 Å². The van der Waals surface area contributed by atoms with Crippen molar-refractivity contribution in [3.63, 3.8) is 0 Å². The fourth-order valence-corrected chi connectivity index (χ4v) is 2.64. The van der Waals surface area contributed by atoms with Crippen LogP contribution in [0, 0.1) is 5.92 Å². The molecule has 2 N–H and O–H groups in total. The number of nitrogen functional groups attached to an aromatic ring is 1. The van der Waals surface area contributed by atoms with Crippen LogP contribution in [0.3, 0.4) is 0 Å². The SMILES string of the molecule is CCCC(C)[C](=[W])c1ccccc1N. The Kier molecular flexibility index (Phi) is 4.54. The minimum atomic E-state index is 0.666. The molecule has 0 fully saturated rings. The molecule has 1 unspecified atom stereocenters. The summed E-state index contributed by atoms with van der Waals surface area (Å²) in [6.07, 6.45) is 2.50. The number of hydrogen-bond donors (Lipinski definition) is 1. The van der Waals surface area contributed by atoms with E-state index < -0.39 is 0 Å². The number of hydrogen-bond acceptors (Lipinski definition) is 1. The summed E-state index contributed by atoms with van der Waals surface area (Å²) in [6, 6.07) is 8.17. The van der Waals surface area contributed by atoms with Gasteiger partial charge in [0.25, 0.3) is 0 Å². The number of anilines is 1. The van der Waals surface area contributed by atoms with Crippen LogP contribution >= 0.6 is 0 Å². The Bertz CT molecular complexity index is 320. The summed E-state index contributed by atoms with van der Waals surface area (Å²) in [7, 11) is 0. The van der Waals surface area contributed by atoms with Crippen LogP contribution in [0.5, 0.6) is 0 Å². The van der Waals surface area contributed by atoms with E-state index in [1.165, 1.54) is 22.3 Å². The minimum absolute atomic E-state index is 0.666. The van der Waals surface area contributed by atoms with Crippen molar-refractivity contribution in [2.24, 2.45) is 5.92 Å². The third-order valence-electron chi connectivity index (χ3n) is 2.40. The zero-order valence-electron chi connectivity index (χ0n) is 8.79. The molecular formula is C12H17NW. The molecule has 1 rings (SSSR count). The molecule has 0 bridgehead atoms. The summed E-state index contributed by atoms with van der Waals surface area (Å²) in [5.74, 6) is 0.666. The van der Waals surface area contributed by atoms with E-state index in [4.69, 9.17) is 5.73 Å². The first-order chi connectivity index (χ1) is 6.66. The maximum absolute atomic E-state index is 5.95. The Hall–Kier alpha value is -0.422. The summed E-state index contributed by atoms with van der Waals surface area (Å²) < 4.78 is 1.49. The summed E-state index contributed by atoms with van der Waals surface area (Å²) >= 11 is 1.54. The van der Waals surface area contributed by atoms with Gasteiger partial charge in [-0.3, -0.25) is 0 Å².